The van der Waals surface area contributed by atoms with E-state index in [9.17, 15) is 5.11 Å². The van der Waals surface area contributed by atoms with Crippen LogP contribution in [0.15, 0.2) is 12.1 Å². The molecule has 0 aliphatic heterocycles. The Morgan fingerprint density at radius 2 is 1.71 bits per heavy atom. The molecule has 0 aliphatic rings. The third-order valence-corrected chi connectivity index (χ3v) is 2.58. The summed E-state index contributed by atoms with van der Waals surface area (Å²) >= 11 is 0. The van der Waals surface area contributed by atoms with Gasteiger partial charge in [0, 0.05) is 5.41 Å². The molecule has 0 spiro atoms. The lowest BCUT2D eigenvalue weighted by Gasteiger charge is -2.19. The fraction of sp³-hybridized carbons (Fsp3) is 0.583. The number of hydrogen-bond acceptors (Lipinski definition) is 4. The summed E-state index contributed by atoms with van der Waals surface area (Å²) in [6.45, 7) is 9.63. The van der Waals surface area contributed by atoms with E-state index in [0.29, 0.717) is 11.5 Å². The minimum absolute atomic E-state index is 0.0463. The molecule has 92 valence electrons. The molecule has 0 radical (unpaired) electrons. The maximum atomic E-state index is 10.0. The zero-order chi connectivity index (χ0) is 12.8. The fourth-order valence-corrected chi connectivity index (χ4v) is 1.57. The van der Waals surface area contributed by atoms with Gasteiger partial charge < -0.3 is 5.11 Å². The van der Waals surface area contributed by atoms with Crippen molar-refractivity contribution < 1.29 is 5.11 Å². The summed E-state index contributed by atoms with van der Waals surface area (Å²) < 4.78 is 1.61. The third-order valence-electron chi connectivity index (χ3n) is 2.58. The van der Waals surface area contributed by atoms with Crippen LogP contribution in [0, 0.1) is 0 Å². The quantitative estimate of drug-likeness (QED) is 0.815. The molecular formula is C12H18N4O. The van der Waals surface area contributed by atoms with Crippen molar-refractivity contribution >= 4 is 5.65 Å². The van der Waals surface area contributed by atoms with E-state index in [0.717, 1.165) is 5.69 Å². The van der Waals surface area contributed by atoms with Crippen molar-refractivity contribution in [3.05, 3.63) is 23.7 Å². The second kappa shape index (κ2) is 3.50. The Balaban J connectivity index is 2.67. The van der Waals surface area contributed by atoms with Gasteiger partial charge in [0.05, 0.1) is 5.69 Å². The Morgan fingerprint density at radius 1 is 1.06 bits per heavy atom. The van der Waals surface area contributed by atoms with E-state index in [1.807, 2.05) is 12.1 Å². The Kier molecular flexibility index (Phi) is 2.47. The van der Waals surface area contributed by atoms with Crippen LogP contribution in [-0.4, -0.2) is 24.9 Å². The van der Waals surface area contributed by atoms with Gasteiger partial charge in [-0.05, 0) is 26.0 Å². The topological polar surface area (TPSA) is 63.3 Å². The molecule has 2 heterocycles. The highest BCUT2D eigenvalue weighted by atomic mass is 16.3. The van der Waals surface area contributed by atoms with Crippen LogP contribution >= 0.6 is 0 Å². The van der Waals surface area contributed by atoms with Gasteiger partial charge in [0.1, 0.15) is 5.60 Å². The van der Waals surface area contributed by atoms with Gasteiger partial charge in [-0.25, -0.2) is 0 Å². The average Bonchev–Trinajstić information content (AvgIpc) is 2.57. The van der Waals surface area contributed by atoms with Gasteiger partial charge in [-0.2, -0.15) is 9.61 Å². The average molecular weight is 234 g/mol. The fourth-order valence-electron chi connectivity index (χ4n) is 1.57. The maximum absolute atomic E-state index is 10.0. The van der Waals surface area contributed by atoms with Crippen molar-refractivity contribution in [3.8, 4) is 0 Å². The molecule has 2 aromatic heterocycles. The summed E-state index contributed by atoms with van der Waals surface area (Å²) in [5.41, 5.74) is 0.489. The minimum atomic E-state index is -1.05. The minimum Gasteiger partial charge on any atom is -0.382 e. The molecule has 0 saturated heterocycles. The molecule has 0 aromatic carbocycles. The van der Waals surface area contributed by atoms with Gasteiger partial charge in [0.2, 0.25) is 0 Å². The van der Waals surface area contributed by atoms with Crippen molar-refractivity contribution in [2.45, 2.75) is 45.6 Å². The first-order valence-electron chi connectivity index (χ1n) is 5.65. The van der Waals surface area contributed by atoms with Crippen molar-refractivity contribution in [1.82, 2.24) is 19.8 Å². The second-order valence-corrected chi connectivity index (χ2v) is 5.82. The zero-order valence-electron chi connectivity index (χ0n) is 10.9. The van der Waals surface area contributed by atoms with Crippen LogP contribution in [0.4, 0.5) is 0 Å². The predicted octanol–water partition coefficient (Wildman–Crippen LogP) is 1.65. The monoisotopic (exact) mass is 234 g/mol. The standard InChI is InChI=1S/C12H18N4O/c1-11(2,3)8-6-7-9-13-14-10(12(4,5)17)16(9)15-8/h6-7,17H,1-5H3. The molecule has 2 aromatic rings. The largest absolute Gasteiger partial charge is 0.382 e. The Morgan fingerprint density at radius 3 is 2.24 bits per heavy atom. The SMILES string of the molecule is CC(C)(C)c1ccc2nnc(C(C)(C)O)n2n1. The van der Waals surface area contributed by atoms with Crippen molar-refractivity contribution in [2.75, 3.05) is 0 Å². The Bertz CT molecular complexity index is 546. The Labute approximate surface area is 100 Å². The first kappa shape index (κ1) is 12.0. The number of aliphatic hydroxyl groups is 1. The molecule has 5 heteroatoms. The molecular weight excluding hydrogens is 216 g/mol. The summed E-state index contributed by atoms with van der Waals surface area (Å²) in [4.78, 5) is 0. The van der Waals surface area contributed by atoms with Crippen LogP contribution in [0.3, 0.4) is 0 Å². The number of nitrogens with zero attached hydrogens (tertiary/aromatic N) is 4. The van der Waals surface area contributed by atoms with E-state index < -0.39 is 5.60 Å². The van der Waals surface area contributed by atoms with Crippen LogP contribution in [0.25, 0.3) is 5.65 Å². The van der Waals surface area contributed by atoms with Gasteiger partial charge >= 0.3 is 0 Å². The molecule has 0 saturated carbocycles. The zero-order valence-corrected chi connectivity index (χ0v) is 10.9. The molecule has 1 N–H and O–H groups in total. The van der Waals surface area contributed by atoms with Gasteiger partial charge in [-0.15, -0.1) is 10.2 Å². The van der Waals surface area contributed by atoms with E-state index in [1.165, 1.54) is 0 Å². The van der Waals surface area contributed by atoms with E-state index in [4.69, 9.17) is 0 Å². The van der Waals surface area contributed by atoms with Crippen LogP contribution in [0.2, 0.25) is 0 Å². The lowest BCUT2D eigenvalue weighted by molar-refractivity contribution is 0.0663. The lowest BCUT2D eigenvalue weighted by Crippen LogP contribution is -2.22. The number of aromatic nitrogens is 4. The molecule has 0 amide bonds. The summed E-state index contributed by atoms with van der Waals surface area (Å²) in [6.07, 6.45) is 0. The van der Waals surface area contributed by atoms with Crippen LogP contribution in [-0.2, 0) is 11.0 Å². The van der Waals surface area contributed by atoms with Gasteiger partial charge in [0.25, 0.3) is 0 Å². The number of fused-ring (bicyclic) bond motifs is 1. The highest BCUT2D eigenvalue weighted by Crippen LogP contribution is 2.22. The Hall–Kier alpha value is -1.49. The molecule has 0 bridgehead atoms. The molecule has 0 atom stereocenters. The molecule has 0 fully saturated rings. The van der Waals surface area contributed by atoms with Crippen molar-refractivity contribution in [3.63, 3.8) is 0 Å². The first-order chi connectivity index (χ1) is 7.69. The van der Waals surface area contributed by atoms with E-state index >= 15 is 0 Å². The van der Waals surface area contributed by atoms with Crippen LogP contribution in [0.5, 0.6) is 0 Å². The van der Waals surface area contributed by atoms with Crippen LogP contribution < -0.4 is 0 Å². The van der Waals surface area contributed by atoms with Gasteiger partial charge in [-0.1, -0.05) is 20.8 Å². The maximum Gasteiger partial charge on any atom is 0.185 e. The van der Waals surface area contributed by atoms with Crippen molar-refractivity contribution in [1.29, 1.82) is 0 Å². The second-order valence-electron chi connectivity index (χ2n) is 5.82. The number of rotatable bonds is 1. The third kappa shape index (κ3) is 2.15. The van der Waals surface area contributed by atoms with E-state index in [2.05, 4.69) is 36.1 Å². The van der Waals surface area contributed by atoms with Crippen LogP contribution in [0.1, 0.15) is 46.1 Å². The highest BCUT2D eigenvalue weighted by Gasteiger charge is 2.25. The summed E-state index contributed by atoms with van der Waals surface area (Å²) in [7, 11) is 0. The van der Waals surface area contributed by atoms with Crippen molar-refractivity contribution in [2.24, 2.45) is 0 Å². The predicted molar refractivity (Wildman–Crippen MR) is 64.7 cm³/mol. The number of hydrogen-bond donors (Lipinski definition) is 1. The summed E-state index contributed by atoms with van der Waals surface area (Å²) in [6, 6.07) is 3.81. The first-order valence-corrected chi connectivity index (χ1v) is 5.65. The smallest absolute Gasteiger partial charge is 0.185 e. The van der Waals surface area contributed by atoms with E-state index in [1.54, 1.807) is 18.4 Å². The molecule has 0 unspecified atom stereocenters. The normalized spacial score (nSPS) is 13.3. The summed E-state index contributed by atoms with van der Waals surface area (Å²) in [5.74, 6) is 0.457. The van der Waals surface area contributed by atoms with E-state index in [-0.39, 0.29) is 5.41 Å². The molecule has 0 aliphatic carbocycles. The highest BCUT2D eigenvalue weighted by molar-refractivity contribution is 5.37. The lowest BCUT2D eigenvalue weighted by atomic mass is 9.92. The van der Waals surface area contributed by atoms with Gasteiger partial charge in [-0.3, -0.25) is 0 Å². The van der Waals surface area contributed by atoms with Gasteiger partial charge in [0.15, 0.2) is 11.5 Å². The molecule has 17 heavy (non-hydrogen) atoms. The summed E-state index contributed by atoms with van der Waals surface area (Å²) in [5, 5.41) is 22.5. The molecule has 5 nitrogen and oxygen atoms in total. The molecule has 2 rings (SSSR count).